The van der Waals surface area contributed by atoms with Crippen molar-refractivity contribution in [1.29, 1.82) is 0 Å². The highest BCUT2D eigenvalue weighted by atomic mass is 19.3. The lowest BCUT2D eigenvalue weighted by Gasteiger charge is -2.28. The fourth-order valence-electron chi connectivity index (χ4n) is 3.30. The Morgan fingerprint density at radius 2 is 1.97 bits per heavy atom. The van der Waals surface area contributed by atoms with Gasteiger partial charge in [0.05, 0.1) is 13.2 Å². The molecular formula is C19H24F2N4O4. The molecule has 10 heteroatoms. The number of halogens is 2. The van der Waals surface area contributed by atoms with E-state index >= 15 is 0 Å². The van der Waals surface area contributed by atoms with E-state index < -0.39 is 30.8 Å². The molecule has 1 aliphatic carbocycles. The maximum atomic E-state index is 13.0. The highest BCUT2D eigenvalue weighted by Crippen LogP contribution is 2.30. The minimum absolute atomic E-state index is 0.0136. The zero-order valence-electron chi connectivity index (χ0n) is 15.9. The van der Waals surface area contributed by atoms with E-state index in [9.17, 15) is 23.2 Å². The first-order valence-electron chi connectivity index (χ1n) is 9.45. The van der Waals surface area contributed by atoms with Crippen LogP contribution in [0.5, 0.6) is 0 Å². The Labute approximate surface area is 167 Å². The first-order valence-corrected chi connectivity index (χ1v) is 9.45. The second-order valence-corrected chi connectivity index (χ2v) is 7.23. The number of alkyl halides is 2. The van der Waals surface area contributed by atoms with Crippen molar-refractivity contribution in [3.05, 3.63) is 24.3 Å². The summed E-state index contributed by atoms with van der Waals surface area (Å²) in [6.07, 6.45) is -0.919. The van der Waals surface area contributed by atoms with Crippen LogP contribution in [0, 0.1) is 5.92 Å². The molecule has 3 rings (SSSR count). The van der Waals surface area contributed by atoms with Gasteiger partial charge in [0.25, 0.3) is 18.2 Å². The molecule has 0 aromatic heterocycles. The second-order valence-electron chi connectivity index (χ2n) is 7.23. The normalized spacial score (nSPS) is 18.2. The lowest BCUT2D eigenvalue weighted by Crippen LogP contribution is -2.54. The van der Waals surface area contributed by atoms with Gasteiger partial charge in [0.1, 0.15) is 6.61 Å². The summed E-state index contributed by atoms with van der Waals surface area (Å²) in [5.41, 5.74) is 6.38. The molecule has 0 radical (unpaired) electrons. The Hall–Kier alpha value is -2.59. The van der Waals surface area contributed by atoms with Gasteiger partial charge in [0, 0.05) is 24.5 Å². The number of nitrogens with one attached hydrogen (secondary N) is 1. The Kier molecular flexibility index (Phi) is 6.75. The lowest BCUT2D eigenvalue weighted by molar-refractivity contribution is -0.133. The van der Waals surface area contributed by atoms with Crippen LogP contribution >= 0.6 is 0 Å². The van der Waals surface area contributed by atoms with Crippen molar-refractivity contribution in [1.82, 2.24) is 4.90 Å². The van der Waals surface area contributed by atoms with Crippen LogP contribution in [0.25, 0.3) is 0 Å². The third-order valence-electron chi connectivity index (χ3n) is 4.88. The lowest BCUT2D eigenvalue weighted by atomic mass is 10.1. The van der Waals surface area contributed by atoms with Gasteiger partial charge < -0.3 is 20.7 Å². The summed E-state index contributed by atoms with van der Waals surface area (Å²) in [6.45, 7) is 0.405. The summed E-state index contributed by atoms with van der Waals surface area (Å²) in [6, 6.07) is 4.97. The molecule has 1 aromatic carbocycles. The Balaban J connectivity index is 1.68. The van der Waals surface area contributed by atoms with Gasteiger partial charge in [0.2, 0.25) is 5.91 Å². The Bertz CT molecular complexity index is 751. The first-order chi connectivity index (χ1) is 13.8. The van der Waals surface area contributed by atoms with Crippen molar-refractivity contribution in [3.63, 3.8) is 0 Å². The molecule has 1 saturated heterocycles. The monoisotopic (exact) mass is 410 g/mol. The van der Waals surface area contributed by atoms with Gasteiger partial charge in [-0.15, -0.1) is 0 Å². The van der Waals surface area contributed by atoms with Crippen molar-refractivity contribution >= 4 is 29.1 Å². The van der Waals surface area contributed by atoms with E-state index in [1.807, 2.05) is 0 Å². The van der Waals surface area contributed by atoms with E-state index in [4.69, 9.17) is 10.5 Å². The topological polar surface area (TPSA) is 105 Å². The number of carbonyl (C=O) groups excluding carboxylic acids is 3. The Morgan fingerprint density at radius 3 is 2.52 bits per heavy atom. The summed E-state index contributed by atoms with van der Waals surface area (Å²) < 4.78 is 31.0. The number of amides is 3. The van der Waals surface area contributed by atoms with Crippen LogP contribution in [-0.4, -0.2) is 67.9 Å². The number of carbonyl (C=O) groups is 3. The molecule has 1 unspecified atom stereocenters. The average molecular weight is 410 g/mol. The quantitative estimate of drug-likeness (QED) is 0.587. The number of rotatable bonds is 9. The largest absolute Gasteiger partial charge is 0.370 e. The summed E-state index contributed by atoms with van der Waals surface area (Å²) in [7, 11) is 0. The highest BCUT2D eigenvalue weighted by Gasteiger charge is 2.36. The van der Waals surface area contributed by atoms with Crippen LogP contribution in [0.2, 0.25) is 0 Å². The number of nitrogens with zero attached hydrogens (tertiary/aromatic N) is 2. The van der Waals surface area contributed by atoms with Crippen molar-refractivity contribution in [3.8, 4) is 0 Å². The molecule has 1 atom stereocenters. The third kappa shape index (κ3) is 5.70. The molecule has 2 aliphatic rings. The summed E-state index contributed by atoms with van der Waals surface area (Å²) >= 11 is 0. The van der Waals surface area contributed by atoms with Crippen LogP contribution in [0.3, 0.4) is 0 Å². The summed E-state index contributed by atoms with van der Waals surface area (Å²) in [5.74, 6) is -1.69. The van der Waals surface area contributed by atoms with Gasteiger partial charge in [-0.1, -0.05) is 0 Å². The van der Waals surface area contributed by atoms with Gasteiger partial charge in [-0.05, 0) is 43.0 Å². The fourth-order valence-corrected chi connectivity index (χ4v) is 3.30. The number of anilines is 2. The minimum atomic E-state index is -2.69. The SMILES string of the molecule is NC(=O)C(C(=O)Nc1ccc(N2CCOCC2=O)cc1)N(CC(F)F)CC1CC1. The molecule has 0 spiro atoms. The number of primary amides is 1. The Morgan fingerprint density at radius 1 is 1.28 bits per heavy atom. The van der Waals surface area contributed by atoms with E-state index in [0.29, 0.717) is 24.5 Å². The van der Waals surface area contributed by atoms with Gasteiger partial charge in [0.15, 0.2) is 6.04 Å². The van der Waals surface area contributed by atoms with E-state index in [1.165, 1.54) is 0 Å². The molecule has 3 N–H and O–H groups in total. The molecule has 158 valence electrons. The molecule has 1 saturated carbocycles. The van der Waals surface area contributed by atoms with E-state index in [2.05, 4.69) is 5.32 Å². The standard InChI is InChI=1S/C19H24F2N4O4/c20-15(21)10-24(9-12-1-2-12)17(18(22)27)19(28)23-13-3-5-14(6-4-13)25-7-8-29-11-16(25)26/h3-6,12,15,17H,1-2,7-11H2,(H2,22,27)(H,23,28). The molecule has 1 heterocycles. The van der Waals surface area contributed by atoms with Crippen LogP contribution in [0.4, 0.5) is 20.2 Å². The van der Waals surface area contributed by atoms with E-state index in [-0.39, 0.29) is 25.0 Å². The number of hydrogen-bond acceptors (Lipinski definition) is 5. The van der Waals surface area contributed by atoms with E-state index in [1.54, 1.807) is 29.2 Å². The van der Waals surface area contributed by atoms with Crippen molar-refractivity contribution in [2.45, 2.75) is 25.3 Å². The van der Waals surface area contributed by atoms with Crippen molar-refractivity contribution in [2.24, 2.45) is 11.7 Å². The van der Waals surface area contributed by atoms with Crippen LogP contribution in [-0.2, 0) is 19.1 Å². The number of nitrogens with two attached hydrogens (primary N) is 1. The van der Waals surface area contributed by atoms with Crippen LogP contribution in [0.1, 0.15) is 12.8 Å². The molecule has 3 amide bonds. The van der Waals surface area contributed by atoms with Gasteiger partial charge in [-0.3, -0.25) is 19.3 Å². The van der Waals surface area contributed by atoms with Crippen LogP contribution < -0.4 is 16.0 Å². The predicted octanol–water partition coefficient (Wildman–Crippen LogP) is 0.819. The van der Waals surface area contributed by atoms with Gasteiger partial charge >= 0.3 is 0 Å². The zero-order valence-corrected chi connectivity index (χ0v) is 15.9. The molecule has 1 aromatic rings. The number of morpholine rings is 1. The van der Waals surface area contributed by atoms with Crippen LogP contribution in [0.15, 0.2) is 24.3 Å². The second kappa shape index (κ2) is 9.27. The predicted molar refractivity (Wildman–Crippen MR) is 102 cm³/mol. The van der Waals surface area contributed by atoms with Crippen molar-refractivity contribution < 1.29 is 27.9 Å². The number of ether oxygens (including phenoxy) is 1. The first kappa shape index (κ1) is 21.1. The number of benzene rings is 1. The van der Waals surface area contributed by atoms with Crippen molar-refractivity contribution in [2.75, 3.05) is 43.1 Å². The maximum absolute atomic E-state index is 13.0. The number of hydrogen-bond donors (Lipinski definition) is 2. The zero-order chi connectivity index (χ0) is 21.0. The minimum Gasteiger partial charge on any atom is -0.370 e. The molecule has 29 heavy (non-hydrogen) atoms. The summed E-state index contributed by atoms with van der Waals surface area (Å²) in [4.78, 5) is 39.1. The highest BCUT2D eigenvalue weighted by molar-refractivity contribution is 6.09. The fraction of sp³-hybridized carbons (Fsp3) is 0.526. The van der Waals surface area contributed by atoms with Gasteiger partial charge in [-0.25, -0.2) is 8.78 Å². The molecular weight excluding hydrogens is 386 g/mol. The third-order valence-corrected chi connectivity index (χ3v) is 4.88. The molecule has 1 aliphatic heterocycles. The average Bonchev–Trinajstić information content (AvgIpc) is 3.46. The van der Waals surface area contributed by atoms with Gasteiger partial charge in [-0.2, -0.15) is 0 Å². The molecule has 8 nitrogen and oxygen atoms in total. The summed E-state index contributed by atoms with van der Waals surface area (Å²) in [5, 5.41) is 2.56. The molecule has 2 fully saturated rings. The maximum Gasteiger partial charge on any atom is 0.253 e. The van der Waals surface area contributed by atoms with E-state index in [0.717, 1.165) is 17.7 Å². The molecule has 0 bridgehead atoms. The smallest absolute Gasteiger partial charge is 0.253 e.